The first-order valence-corrected chi connectivity index (χ1v) is 9.79. The van der Waals surface area contributed by atoms with Crippen LogP contribution in [0.1, 0.15) is 30.7 Å². The van der Waals surface area contributed by atoms with Crippen LogP contribution in [0.5, 0.6) is 0 Å². The summed E-state index contributed by atoms with van der Waals surface area (Å²) in [5.74, 6) is -0.0286. The number of thioether (sulfide) groups is 1. The van der Waals surface area contributed by atoms with Crippen LogP contribution in [0.3, 0.4) is 0 Å². The maximum Gasteiger partial charge on any atom is 0.233 e. The Bertz CT molecular complexity index is 724. The average molecular weight is 378 g/mol. The molecule has 3 rings (SSSR count). The van der Waals surface area contributed by atoms with E-state index in [-0.39, 0.29) is 17.9 Å². The number of nitrogens with one attached hydrogen (secondary N) is 1. The van der Waals surface area contributed by atoms with Crippen LogP contribution in [-0.4, -0.2) is 34.8 Å². The molecule has 1 aliphatic rings. The number of aromatic nitrogens is 2. The van der Waals surface area contributed by atoms with Crippen molar-refractivity contribution in [2.45, 2.75) is 36.2 Å². The molecule has 1 unspecified atom stereocenters. The van der Waals surface area contributed by atoms with E-state index in [2.05, 4.69) is 15.3 Å². The first kappa shape index (κ1) is 18.2. The minimum atomic E-state index is -0.349. The standard InChI is InChI=1S/C18H20ClN3O2S/c1-25-16-5-4-12(9-15(16)19)14(10-13-3-2-8-24-13)18(23)22-17-11-20-6-7-21-17/h4-7,9,11,13-14H,2-3,8,10H2,1H3,(H,21,22,23)/t13-,14?/m1/s1. The fourth-order valence-corrected chi connectivity index (χ4v) is 3.84. The highest BCUT2D eigenvalue weighted by Gasteiger charge is 2.28. The fourth-order valence-electron chi connectivity index (χ4n) is 2.96. The fraction of sp³-hybridized carbons (Fsp3) is 0.389. The lowest BCUT2D eigenvalue weighted by atomic mass is 9.91. The summed E-state index contributed by atoms with van der Waals surface area (Å²) >= 11 is 7.93. The predicted octanol–water partition coefficient (Wildman–Crippen LogP) is 4.14. The molecular weight excluding hydrogens is 358 g/mol. The van der Waals surface area contributed by atoms with Crippen molar-refractivity contribution in [3.63, 3.8) is 0 Å². The summed E-state index contributed by atoms with van der Waals surface area (Å²) in [4.78, 5) is 22.0. The summed E-state index contributed by atoms with van der Waals surface area (Å²) in [7, 11) is 0. The van der Waals surface area contributed by atoms with Crippen LogP contribution in [0, 0.1) is 0 Å². The number of halogens is 1. The molecule has 1 amide bonds. The van der Waals surface area contributed by atoms with Gasteiger partial charge in [0.15, 0.2) is 5.82 Å². The molecule has 1 aromatic carbocycles. The topological polar surface area (TPSA) is 64.1 Å². The molecule has 0 aliphatic carbocycles. The number of rotatable bonds is 6. The molecule has 1 fully saturated rings. The van der Waals surface area contributed by atoms with Crippen LogP contribution in [0.25, 0.3) is 0 Å². The van der Waals surface area contributed by atoms with E-state index >= 15 is 0 Å². The van der Waals surface area contributed by atoms with E-state index in [9.17, 15) is 4.79 Å². The Morgan fingerprint density at radius 3 is 3.00 bits per heavy atom. The van der Waals surface area contributed by atoms with Crippen molar-refractivity contribution in [2.75, 3.05) is 18.2 Å². The van der Waals surface area contributed by atoms with Gasteiger partial charge in [0.1, 0.15) is 0 Å². The first-order chi connectivity index (χ1) is 12.2. The monoisotopic (exact) mass is 377 g/mol. The van der Waals surface area contributed by atoms with Gasteiger partial charge in [0, 0.05) is 23.9 Å². The zero-order valence-electron chi connectivity index (χ0n) is 13.9. The van der Waals surface area contributed by atoms with E-state index < -0.39 is 0 Å². The maximum absolute atomic E-state index is 12.9. The van der Waals surface area contributed by atoms with Crippen LogP contribution >= 0.6 is 23.4 Å². The Labute approximate surface area is 156 Å². The first-order valence-electron chi connectivity index (χ1n) is 8.19. The zero-order chi connectivity index (χ0) is 17.6. The molecule has 1 aromatic heterocycles. The largest absolute Gasteiger partial charge is 0.378 e. The molecule has 1 N–H and O–H groups in total. The van der Waals surface area contributed by atoms with Gasteiger partial charge in [0.25, 0.3) is 0 Å². The molecule has 0 saturated carbocycles. The lowest BCUT2D eigenvalue weighted by molar-refractivity contribution is -0.118. The van der Waals surface area contributed by atoms with Gasteiger partial charge in [-0.05, 0) is 43.2 Å². The smallest absolute Gasteiger partial charge is 0.233 e. The molecule has 1 saturated heterocycles. The lowest BCUT2D eigenvalue weighted by Gasteiger charge is -2.21. The lowest BCUT2D eigenvalue weighted by Crippen LogP contribution is -2.25. The predicted molar refractivity (Wildman–Crippen MR) is 100 cm³/mol. The Hall–Kier alpha value is -1.63. The van der Waals surface area contributed by atoms with Crippen molar-refractivity contribution in [1.29, 1.82) is 0 Å². The van der Waals surface area contributed by atoms with E-state index in [4.69, 9.17) is 16.3 Å². The number of benzene rings is 1. The highest BCUT2D eigenvalue weighted by atomic mass is 35.5. The van der Waals surface area contributed by atoms with Crippen molar-refractivity contribution < 1.29 is 9.53 Å². The Kier molecular flexibility index (Phi) is 6.29. The molecule has 0 spiro atoms. The van der Waals surface area contributed by atoms with E-state index in [1.165, 1.54) is 6.20 Å². The SMILES string of the molecule is CSc1ccc(C(C[C@H]2CCCO2)C(=O)Nc2cnccn2)cc1Cl. The number of anilines is 1. The van der Waals surface area contributed by atoms with Crippen LogP contribution in [-0.2, 0) is 9.53 Å². The molecule has 0 radical (unpaired) electrons. The van der Waals surface area contributed by atoms with Gasteiger partial charge in [-0.25, -0.2) is 4.98 Å². The summed E-state index contributed by atoms with van der Waals surface area (Å²) in [6.07, 6.45) is 9.37. The summed E-state index contributed by atoms with van der Waals surface area (Å²) < 4.78 is 5.74. The van der Waals surface area contributed by atoms with Crippen molar-refractivity contribution in [3.8, 4) is 0 Å². The molecule has 25 heavy (non-hydrogen) atoms. The van der Waals surface area contributed by atoms with E-state index in [1.54, 1.807) is 24.2 Å². The van der Waals surface area contributed by atoms with Crippen molar-refractivity contribution in [1.82, 2.24) is 9.97 Å². The van der Waals surface area contributed by atoms with Crippen LogP contribution < -0.4 is 5.32 Å². The van der Waals surface area contributed by atoms with Gasteiger partial charge >= 0.3 is 0 Å². The van der Waals surface area contributed by atoms with E-state index in [0.717, 1.165) is 29.9 Å². The number of nitrogens with zero attached hydrogens (tertiary/aromatic N) is 2. The summed E-state index contributed by atoms with van der Waals surface area (Å²) in [5.41, 5.74) is 0.889. The second-order valence-corrected chi connectivity index (χ2v) is 7.15. The molecule has 2 heterocycles. The summed E-state index contributed by atoms with van der Waals surface area (Å²) in [6.45, 7) is 0.759. The third-order valence-corrected chi connectivity index (χ3v) is 5.45. The molecular formula is C18H20ClN3O2S. The summed E-state index contributed by atoms with van der Waals surface area (Å²) in [6, 6.07) is 5.80. The van der Waals surface area contributed by atoms with Gasteiger partial charge in [-0.15, -0.1) is 11.8 Å². The molecule has 0 bridgehead atoms. The third-order valence-electron chi connectivity index (χ3n) is 4.23. The van der Waals surface area contributed by atoms with Gasteiger partial charge in [-0.3, -0.25) is 9.78 Å². The summed E-state index contributed by atoms with van der Waals surface area (Å²) in [5, 5.41) is 3.51. The molecule has 5 nitrogen and oxygen atoms in total. The molecule has 132 valence electrons. The average Bonchev–Trinajstić information content (AvgIpc) is 3.13. The minimum Gasteiger partial charge on any atom is -0.378 e. The molecule has 1 aliphatic heterocycles. The Morgan fingerprint density at radius 1 is 1.48 bits per heavy atom. The molecule has 7 heteroatoms. The van der Waals surface area contributed by atoms with Gasteiger partial charge in [0.05, 0.1) is 23.2 Å². The Morgan fingerprint density at radius 2 is 2.36 bits per heavy atom. The Balaban J connectivity index is 1.83. The number of hydrogen-bond donors (Lipinski definition) is 1. The number of hydrogen-bond acceptors (Lipinski definition) is 5. The van der Waals surface area contributed by atoms with Crippen LogP contribution in [0.15, 0.2) is 41.7 Å². The molecule has 2 aromatic rings. The number of ether oxygens (including phenoxy) is 1. The highest BCUT2D eigenvalue weighted by Crippen LogP contribution is 2.33. The second-order valence-electron chi connectivity index (χ2n) is 5.90. The second kappa shape index (κ2) is 8.65. The number of carbonyl (C=O) groups is 1. The van der Waals surface area contributed by atoms with Gasteiger partial charge in [-0.2, -0.15) is 0 Å². The van der Waals surface area contributed by atoms with Crippen molar-refractivity contribution in [2.24, 2.45) is 0 Å². The van der Waals surface area contributed by atoms with Gasteiger partial charge < -0.3 is 10.1 Å². The molecule has 2 atom stereocenters. The van der Waals surface area contributed by atoms with Crippen molar-refractivity contribution in [3.05, 3.63) is 47.4 Å². The quantitative estimate of drug-likeness (QED) is 0.766. The zero-order valence-corrected chi connectivity index (χ0v) is 15.5. The maximum atomic E-state index is 12.9. The van der Waals surface area contributed by atoms with Crippen molar-refractivity contribution >= 4 is 35.1 Å². The van der Waals surface area contributed by atoms with E-state index in [1.807, 2.05) is 24.5 Å². The minimum absolute atomic E-state index is 0.0941. The number of carbonyl (C=O) groups excluding carboxylic acids is 1. The van der Waals surface area contributed by atoms with E-state index in [0.29, 0.717) is 17.3 Å². The normalized spacial score (nSPS) is 18.1. The van der Waals surface area contributed by atoms with Gasteiger partial charge in [-0.1, -0.05) is 17.7 Å². The third kappa shape index (κ3) is 4.71. The van der Waals surface area contributed by atoms with Crippen LogP contribution in [0.4, 0.5) is 5.82 Å². The van der Waals surface area contributed by atoms with Crippen LogP contribution in [0.2, 0.25) is 5.02 Å². The highest BCUT2D eigenvalue weighted by molar-refractivity contribution is 7.98. The van der Waals surface area contributed by atoms with Gasteiger partial charge in [0.2, 0.25) is 5.91 Å². The number of amides is 1.